The standard InChI is InChI=1S/C18H28ClNO/c1-18(2,3)20-13-15-16(19)11-8-12-17(15)21-14-9-6-4-5-7-10-14/h8,11-12,14,20H,4-7,9-10,13H2,1-3H3. The summed E-state index contributed by atoms with van der Waals surface area (Å²) in [6.07, 6.45) is 7.92. The molecule has 1 aromatic carbocycles. The molecule has 1 aliphatic rings. The molecule has 0 aromatic heterocycles. The molecular weight excluding hydrogens is 282 g/mol. The summed E-state index contributed by atoms with van der Waals surface area (Å²) in [5.41, 5.74) is 1.15. The predicted octanol–water partition coefficient (Wildman–Crippen LogP) is 5.33. The monoisotopic (exact) mass is 309 g/mol. The van der Waals surface area contributed by atoms with Crippen LogP contribution in [0.4, 0.5) is 0 Å². The van der Waals surface area contributed by atoms with Gasteiger partial charge in [-0.2, -0.15) is 0 Å². The SMILES string of the molecule is CC(C)(C)NCc1c(Cl)cccc1OC1CCCCCC1. The number of hydrogen-bond donors (Lipinski definition) is 1. The van der Waals surface area contributed by atoms with Gasteiger partial charge in [0.25, 0.3) is 0 Å². The normalized spacial score (nSPS) is 17.5. The third-order valence-electron chi connectivity index (χ3n) is 3.97. The second-order valence-electron chi connectivity index (χ2n) is 7.05. The number of rotatable bonds is 4. The van der Waals surface area contributed by atoms with Crippen LogP contribution in [-0.4, -0.2) is 11.6 Å². The highest BCUT2D eigenvalue weighted by molar-refractivity contribution is 6.31. The number of benzene rings is 1. The minimum Gasteiger partial charge on any atom is -0.490 e. The van der Waals surface area contributed by atoms with Gasteiger partial charge in [0, 0.05) is 22.7 Å². The lowest BCUT2D eigenvalue weighted by atomic mass is 10.1. The van der Waals surface area contributed by atoms with Crippen LogP contribution in [-0.2, 0) is 6.54 Å². The highest BCUT2D eigenvalue weighted by atomic mass is 35.5. The molecule has 2 rings (SSSR count). The van der Waals surface area contributed by atoms with E-state index >= 15 is 0 Å². The van der Waals surface area contributed by atoms with Crippen molar-refractivity contribution in [2.45, 2.75) is 77.5 Å². The smallest absolute Gasteiger partial charge is 0.125 e. The Morgan fingerprint density at radius 3 is 2.43 bits per heavy atom. The van der Waals surface area contributed by atoms with Gasteiger partial charge in [0.15, 0.2) is 0 Å². The van der Waals surface area contributed by atoms with E-state index in [1.165, 1.54) is 38.5 Å². The highest BCUT2D eigenvalue weighted by Crippen LogP contribution is 2.30. The summed E-state index contributed by atoms with van der Waals surface area (Å²) in [6.45, 7) is 7.23. The minimum absolute atomic E-state index is 0.0682. The maximum Gasteiger partial charge on any atom is 0.125 e. The lowest BCUT2D eigenvalue weighted by Gasteiger charge is -2.24. The predicted molar refractivity (Wildman–Crippen MR) is 90.2 cm³/mol. The van der Waals surface area contributed by atoms with Gasteiger partial charge in [-0.05, 0) is 58.6 Å². The molecule has 0 spiro atoms. The number of hydrogen-bond acceptors (Lipinski definition) is 2. The first-order valence-corrected chi connectivity index (χ1v) is 8.52. The molecule has 1 fully saturated rings. The molecular formula is C18H28ClNO. The molecule has 0 aliphatic heterocycles. The number of nitrogens with one attached hydrogen (secondary N) is 1. The average molecular weight is 310 g/mol. The summed E-state index contributed by atoms with van der Waals surface area (Å²) in [7, 11) is 0. The van der Waals surface area contributed by atoms with Gasteiger partial charge in [0.1, 0.15) is 5.75 Å². The third kappa shape index (κ3) is 5.52. The molecule has 1 saturated carbocycles. The van der Waals surface area contributed by atoms with Crippen molar-refractivity contribution in [1.82, 2.24) is 5.32 Å². The topological polar surface area (TPSA) is 21.3 Å². The van der Waals surface area contributed by atoms with E-state index in [0.717, 1.165) is 22.9 Å². The van der Waals surface area contributed by atoms with Crippen LogP contribution in [0.2, 0.25) is 5.02 Å². The second kappa shape index (κ2) is 7.51. The van der Waals surface area contributed by atoms with Crippen molar-refractivity contribution >= 4 is 11.6 Å². The molecule has 1 N–H and O–H groups in total. The molecule has 0 heterocycles. The van der Waals surface area contributed by atoms with Crippen molar-refractivity contribution in [1.29, 1.82) is 0 Å². The van der Waals surface area contributed by atoms with Crippen molar-refractivity contribution in [3.8, 4) is 5.75 Å². The Labute approximate surface area is 134 Å². The largest absolute Gasteiger partial charge is 0.490 e. The molecule has 0 saturated heterocycles. The third-order valence-corrected chi connectivity index (χ3v) is 4.32. The number of halogens is 1. The van der Waals surface area contributed by atoms with Crippen LogP contribution in [0.25, 0.3) is 0 Å². The van der Waals surface area contributed by atoms with Gasteiger partial charge in [-0.1, -0.05) is 30.5 Å². The van der Waals surface area contributed by atoms with Crippen molar-refractivity contribution in [3.05, 3.63) is 28.8 Å². The first-order valence-electron chi connectivity index (χ1n) is 8.15. The van der Waals surface area contributed by atoms with Crippen LogP contribution in [0.5, 0.6) is 5.75 Å². The lowest BCUT2D eigenvalue weighted by Crippen LogP contribution is -2.35. The molecule has 0 unspecified atom stereocenters. The van der Waals surface area contributed by atoms with Crippen LogP contribution < -0.4 is 10.1 Å². The van der Waals surface area contributed by atoms with Crippen molar-refractivity contribution in [2.24, 2.45) is 0 Å². The van der Waals surface area contributed by atoms with Gasteiger partial charge in [-0.3, -0.25) is 0 Å². The summed E-state index contributed by atoms with van der Waals surface area (Å²) in [4.78, 5) is 0. The van der Waals surface area contributed by atoms with E-state index in [1.54, 1.807) is 0 Å². The molecule has 0 radical (unpaired) electrons. The summed E-state index contributed by atoms with van der Waals surface area (Å²) < 4.78 is 6.29. The first kappa shape index (κ1) is 16.6. The average Bonchev–Trinajstić information content (AvgIpc) is 2.65. The molecule has 118 valence electrons. The summed E-state index contributed by atoms with van der Waals surface area (Å²) >= 11 is 6.39. The molecule has 0 atom stereocenters. The summed E-state index contributed by atoms with van der Waals surface area (Å²) in [5, 5.41) is 4.29. The lowest BCUT2D eigenvalue weighted by molar-refractivity contribution is 0.181. The van der Waals surface area contributed by atoms with E-state index in [-0.39, 0.29) is 5.54 Å². The van der Waals surface area contributed by atoms with Gasteiger partial charge in [0.05, 0.1) is 6.10 Å². The van der Waals surface area contributed by atoms with Crippen molar-refractivity contribution < 1.29 is 4.74 Å². The van der Waals surface area contributed by atoms with Gasteiger partial charge in [-0.25, -0.2) is 0 Å². The zero-order valence-corrected chi connectivity index (χ0v) is 14.3. The Morgan fingerprint density at radius 2 is 1.81 bits per heavy atom. The van der Waals surface area contributed by atoms with Crippen LogP contribution >= 0.6 is 11.6 Å². The van der Waals surface area contributed by atoms with E-state index in [0.29, 0.717) is 6.10 Å². The fourth-order valence-corrected chi connectivity index (χ4v) is 2.95. The number of ether oxygens (including phenoxy) is 1. The summed E-state index contributed by atoms with van der Waals surface area (Å²) in [5.74, 6) is 0.950. The molecule has 1 aliphatic carbocycles. The van der Waals surface area contributed by atoms with Gasteiger partial charge in [-0.15, -0.1) is 0 Å². The zero-order chi connectivity index (χ0) is 15.3. The first-order chi connectivity index (χ1) is 9.96. The van der Waals surface area contributed by atoms with Crippen LogP contribution in [0, 0.1) is 0 Å². The Bertz CT molecular complexity index is 445. The van der Waals surface area contributed by atoms with E-state index in [2.05, 4.69) is 32.2 Å². The maximum absolute atomic E-state index is 6.39. The Balaban J connectivity index is 2.08. The quantitative estimate of drug-likeness (QED) is 0.759. The zero-order valence-electron chi connectivity index (χ0n) is 13.5. The van der Waals surface area contributed by atoms with E-state index in [4.69, 9.17) is 16.3 Å². The van der Waals surface area contributed by atoms with Gasteiger partial charge in [0.2, 0.25) is 0 Å². The van der Waals surface area contributed by atoms with Crippen molar-refractivity contribution in [2.75, 3.05) is 0 Å². The Kier molecular flexibility index (Phi) is 5.95. The molecule has 0 amide bonds. The molecule has 3 heteroatoms. The van der Waals surface area contributed by atoms with Crippen LogP contribution in [0.15, 0.2) is 18.2 Å². The molecule has 1 aromatic rings. The fraction of sp³-hybridized carbons (Fsp3) is 0.667. The van der Waals surface area contributed by atoms with Gasteiger partial charge >= 0.3 is 0 Å². The minimum atomic E-state index is 0.0682. The Morgan fingerprint density at radius 1 is 1.14 bits per heavy atom. The van der Waals surface area contributed by atoms with E-state index < -0.39 is 0 Å². The van der Waals surface area contributed by atoms with Crippen molar-refractivity contribution in [3.63, 3.8) is 0 Å². The van der Waals surface area contributed by atoms with Crippen LogP contribution in [0.1, 0.15) is 64.9 Å². The fourth-order valence-electron chi connectivity index (χ4n) is 2.71. The second-order valence-corrected chi connectivity index (χ2v) is 7.46. The summed E-state index contributed by atoms with van der Waals surface area (Å²) in [6, 6.07) is 5.98. The van der Waals surface area contributed by atoms with E-state index in [9.17, 15) is 0 Å². The highest BCUT2D eigenvalue weighted by Gasteiger charge is 2.18. The van der Waals surface area contributed by atoms with E-state index in [1.807, 2.05) is 12.1 Å². The Hall–Kier alpha value is -0.730. The molecule has 21 heavy (non-hydrogen) atoms. The molecule has 0 bridgehead atoms. The van der Waals surface area contributed by atoms with Crippen LogP contribution in [0.3, 0.4) is 0 Å². The van der Waals surface area contributed by atoms with Gasteiger partial charge < -0.3 is 10.1 Å². The maximum atomic E-state index is 6.39. The molecule has 2 nitrogen and oxygen atoms in total.